The number of anilines is 1. The van der Waals surface area contributed by atoms with Gasteiger partial charge in [-0.15, -0.1) is 0 Å². The highest BCUT2D eigenvalue weighted by atomic mass is 35.5. The molecule has 0 aliphatic rings. The smallest absolute Gasteiger partial charge is 0.310 e. The average Bonchev–Trinajstić information content (AvgIpc) is 2.56. The summed E-state index contributed by atoms with van der Waals surface area (Å²) in [5.41, 5.74) is 1.22. The largest absolute Gasteiger partial charge is 0.455 e. The van der Waals surface area contributed by atoms with E-state index in [4.69, 9.17) is 27.9 Å². The molecular weight excluding hydrogens is 337 g/mol. The summed E-state index contributed by atoms with van der Waals surface area (Å²) in [5, 5.41) is 0.782. The van der Waals surface area contributed by atoms with E-state index in [1.54, 1.807) is 37.4 Å². The topological polar surface area (TPSA) is 46.6 Å². The highest BCUT2D eigenvalue weighted by molar-refractivity contribution is 6.36. The SMILES string of the molecule is CN(C(=O)COC(=O)Cc1c(Cl)cccc1Cl)c1ccccc1. The number of halogens is 2. The van der Waals surface area contributed by atoms with Crippen molar-refractivity contribution in [2.45, 2.75) is 6.42 Å². The van der Waals surface area contributed by atoms with E-state index < -0.39 is 5.97 Å². The van der Waals surface area contributed by atoms with Gasteiger partial charge < -0.3 is 9.64 Å². The van der Waals surface area contributed by atoms with E-state index in [0.717, 1.165) is 5.69 Å². The summed E-state index contributed by atoms with van der Waals surface area (Å²) >= 11 is 12.0. The van der Waals surface area contributed by atoms with E-state index in [-0.39, 0.29) is 18.9 Å². The first-order valence-electron chi connectivity index (χ1n) is 6.89. The first-order valence-corrected chi connectivity index (χ1v) is 7.64. The van der Waals surface area contributed by atoms with Gasteiger partial charge >= 0.3 is 5.97 Å². The van der Waals surface area contributed by atoms with Gasteiger partial charge in [-0.1, -0.05) is 47.5 Å². The van der Waals surface area contributed by atoms with Crippen LogP contribution in [0.4, 0.5) is 5.69 Å². The number of nitrogens with zero attached hydrogens (tertiary/aromatic N) is 1. The van der Waals surface area contributed by atoms with E-state index in [2.05, 4.69) is 0 Å². The Kier molecular flexibility index (Phi) is 6.02. The summed E-state index contributed by atoms with van der Waals surface area (Å²) in [6.45, 7) is -0.341. The van der Waals surface area contributed by atoms with Gasteiger partial charge in [-0.25, -0.2) is 0 Å². The third-order valence-electron chi connectivity index (χ3n) is 3.26. The van der Waals surface area contributed by atoms with Gasteiger partial charge in [-0.05, 0) is 24.3 Å². The zero-order chi connectivity index (χ0) is 16.8. The Morgan fingerprint density at radius 3 is 2.22 bits per heavy atom. The Morgan fingerprint density at radius 1 is 1.00 bits per heavy atom. The third kappa shape index (κ3) is 4.71. The van der Waals surface area contributed by atoms with Gasteiger partial charge in [-0.2, -0.15) is 0 Å². The lowest BCUT2D eigenvalue weighted by Crippen LogP contribution is -2.31. The second-order valence-electron chi connectivity index (χ2n) is 4.83. The molecular formula is C17H15Cl2NO3. The molecule has 2 rings (SSSR count). The Bertz CT molecular complexity index is 684. The molecule has 0 fully saturated rings. The number of rotatable bonds is 5. The molecule has 0 radical (unpaired) electrons. The molecule has 0 atom stereocenters. The molecule has 23 heavy (non-hydrogen) atoms. The Morgan fingerprint density at radius 2 is 1.61 bits per heavy atom. The van der Waals surface area contributed by atoms with Crippen LogP contribution in [0.5, 0.6) is 0 Å². The summed E-state index contributed by atoms with van der Waals surface area (Å²) in [7, 11) is 1.62. The van der Waals surface area contributed by atoms with Crippen molar-refractivity contribution in [2.24, 2.45) is 0 Å². The molecule has 0 aliphatic carbocycles. The van der Waals surface area contributed by atoms with Gasteiger partial charge in [0.15, 0.2) is 6.61 Å². The van der Waals surface area contributed by atoms with Crippen molar-refractivity contribution >= 4 is 40.8 Å². The van der Waals surface area contributed by atoms with Crippen LogP contribution in [0.15, 0.2) is 48.5 Å². The average molecular weight is 352 g/mol. The molecule has 0 bridgehead atoms. The van der Waals surface area contributed by atoms with Crippen molar-refractivity contribution < 1.29 is 14.3 Å². The predicted octanol–water partition coefficient (Wildman–Crippen LogP) is 3.74. The first kappa shape index (κ1) is 17.3. The van der Waals surface area contributed by atoms with Crippen molar-refractivity contribution in [1.29, 1.82) is 0 Å². The zero-order valence-corrected chi connectivity index (χ0v) is 14.0. The second kappa shape index (κ2) is 7.99. The van der Waals surface area contributed by atoms with Crippen molar-refractivity contribution in [1.82, 2.24) is 0 Å². The molecule has 2 aromatic rings. The number of hydrogen-bond acceptors (Lipinski definition) is 3. The third-order valence-corrected chi connectivity index (χ3v) is 3.97. The van der Waals surface area contributed by atoms with E-state index in [9.17, 15) is 9.59 Å². The normalized spacial score (nSPS) is 10.2. The number of benzene rings is 2. The Balaban J connectivity index is 1.90. The van der Waals surface area contributed by atoms with Crippen LogP contribution in [-0.2, 0) is 20.7 Å². The summed E-state index contributed by atoms with van der Waals surface area (Å²) in [6, 6.07) is 14.1. The fourth-order valence-electron chi connectivity index (χ4n) is 1.93. The van der Waals surface area contributed by atoms with E-state index in [1.807, 2.05) is 18.2 Å². The minimum absolute atomic E-state index is 0.0825. The van der Waals surface area contributed by atoms with Gasteiger partial charge in [0.2, 0.25) is 0 Å². The maximum absolute atomic E-state index is 12.0. The van der Waals surface area contributed by atoms with E-state index >= 15 is 0 Å². The first-order chi connectivity index (χ1) is 11.0. The molecule has 0 aliphatic heterocycles. The minimum atomic E-state index is -0.560. The van der Waals surface area contributed by atoms with Crippen LogP contribution in [0.1, 0.15) is 5.56 Å². The zero-order valence-electron chi connectivity index (χ0n) is 12.5. The van der Waals surface area contributed by atoms with Gasteiger partial charge in [0, 0.05) is 28.3 Å². The van der Waals surface area contributed by atoms with Crippen LogP contribution in [0.25, 0.3) is 0 Å². The molecule has 0 spiro atoms. The highest BCUT2D eigenvalue weighted by Gasteiger charge is 2.16. The summed E-state index contributed by atoms with van der Waals surface area (Å²) in [6.07, 6.45) is -0.0825. The van der Waals surface area contributed by atoms with Gasteiger partial charge in [0.25, 0.3) is 5.91 Å². The van der Waals surface area contributed by atoms with Crippen LogP contribution in [0.3, 0.4) is 0 Å². The minimum Gasteiger partial charge on any atom is -0.455 e. The van der Waals surface area contributed by atoms with Crippen LogP contribution in [0.2, 0.25) is 10.0 Å². The van der Waals surface area contributed by atoms with E-state index in [1.165, 1.54) is 4.90 Å². The van der Waals surface area contributed by atoms with Crippen molar-refractivity contribution in [3.63, 3.8) is 0 Å². The number of ether oxygens (including phenoxy) is 1. The molecule has 1 amide bonds. The lowest BCUT2D eigenvalue weighted by molar-refractivity contribution is -0.147. The van der Waals surface area contributed by atoms with Crippen molar-refractivity contribution in [2.75, 3.05) is 18.6 Å². The molecule has 0 saturated heterocycles. The summed E-state index contributed by atoms with van der Waals surface area (Å²) in [4.78, 5) is 25.3. The number of amides is 1. The van der Waals surface area contributed by atoms with Gasteiger partial charge in [0.1, 0.15) is 0 Å². The fourth-order valence-corrected chi connectivity index (χ4v) is 2.46. The van der Waals surface area contributed by atoms with Crippen LogP contribution < -0.4 is 4.90 Å². The predicted molar refractivity (Wildman–Crippen MR) is 91.0 cm³/mol. The summed E-state index contributed by atoms with van der Waals surface area (Å²) in [5.74, 6) is -0.885. The highest BCUT2D eigenvalue weighted by Crippen LogP contribution is 2.24. The molecule has 6 heteroatoms. The summed E-state index contributed by atoms with van der Waals surface area (Å²) < 4.78 is 5.01. The number of para-hydroxylation sites is 1. The number of carbonyl (C=O) groups is 2. The number of likely N-dealkylation sites (N-methyl/N-ethyl adjacent to an activating group) is 1. The van der Waals surface area contributed by atoms with Crippen molar-refractivity contribution in [3.8, 4) is 0 Å². The lowest BCUT2D eigenvalue weighted by Gasteiger charge is -2.17. The van der Waals surface area contributed by atoms with Crippen LogP contribution in [0, 0.1) is 0 Å². The molecule has 0 N–H and O–H groups in total. The standard InChI is InChI=1S/C17H15Cl2NO3/c1-20(12-6-3-2-4-7-12)16(21)11-23-17(22)10-13-14(18)8-5-9-15(13)19/h2-9H,10-11H2,1H3. The molecule has 0 saturated carbocycles. The van der Waals surface area contributed by atoms with E-state index in [0.29, 0.717) is 15.6 Å². The number of hydrogen-bond donors (Lipinski definition) is 0. The van der Waals surface area contributed by atoms with Gasteiger partial charge in [0.05, 0.1) is 6.42 Å². The molecule has 0 heterocycles. The molecule has 4 nitrogen and oxygen atoms in total. The number of esters is 1. The van der Waals surface area contributed by atoms with Gasteiger partial charge in [-0.3, -0.25) is 9.59 Å². The van der Waals surface area contributed by atoms with Crippen molar-refractivity contribution in [3.05, 3.63) is 64.1 Å². The maximum Gasteiger partial charge on any atom is 0.310 e. The monoisotopic (exact) mass is 351 g/mol. The molecule has 0 aromatic heterocycles. The quantitative estimate of drug-likeness (QED) is 0.770. The number of carbonyl (C=O) groups excluding carboxylic acids is 2. The van der Waals surface area contributed by atoms with Crippen LogP contribution >= 0.6 is 23.2 Å². The maximum atomic E-state index is 12.0. The fraction of sp³-hybridized carbons (Fsp3) is 0.176. The molecule has 0 unspecified atom stereocenters. The van der Waals surface area contributed by atoms with Crippen LogP contribution in [-0.4, -0.2) is 25.5 Å². The second-order valence-corrected chi connectivity index (χ2v) is 5.64. The molecule has 120 valence electrons. The Hall–Kier alpha value is -2.04. The Labute approximate surface area is 144 Å². The molecule has 2 aromatic carbocycles. The lowest BCUT2D eigenvalue weighted by atomic mass is 10.1.